The zero-order valence-corrected chi connectivity index (χ0v) is 21.6. The molecule has 1 aromatic heterocycles. The Bertz CT molecular complexity index is 1300. The van der Waals surface area contributed by atoms with Crippen molar-refractivity contribution in [1.82, 2.24) is 20.2 Å². The summed E-state index contributed by atoms with van der Waals surface area (Å²) in [7, 11) is 0. The van der Waals surface area contributed by atoms with Crippen LogP contribution in [0.2, 0.25) is 0 Å². The maximum atomic E-state index is 12.5. The number of rotatable bonds is 10. The summed E-state index contributed by atoms with van der Waals surface area (Å²) in [4.78, 5) is 14.8. The Labute approximate surface area is 216 Å². The number of hydrazone groups is 1. The standard InChI is InChI=1S/C28H30N6OS/c1-4-33(5-2)24-17-13-22(14-18-24)19-29-30-26(35)20-36-28-32-31-27(23-15-11-21(3)12-16-23)34(28)25-9-7-6-8-10-25/h6-19H,4-5,20H2,1-3H3,(H,30,35)/b29-19+. The van der Waals surface area contributed by atoms with Gasteiger partial charge in [-0.15, -0.1) is 10.2 Å². The maximum absolute atomic E-state index is 12.5. The second kappa shape index (κ2) is 12.2. The van der Waals surface area contributed by atoms with Crippen molar-refractivity contribution in [2.24, 2.45) is 5.10 Å². The third-order valence-corrected chi connectivity index (χ3v) is 6.64. The van der Waals surface area contributed by atoms with Crippen LogP contribution in [0.4, 0.5) is 5.69 Å². The highest BCUT2D eigenvalue weighted by Gasteiger charge is 2.17. The van der Waals surface area contributed by atoms with Crippen molar-refractivity contribution in [3.63, 3.8) is 0 Å². The van der Waals surface area contributed by atoms with E-state index in [0.29, 0.717) is 5.16 Å². The molecule has 184 valence electrons. The molecule has 4 aromatic rings. The number of nitrogens with zero attached hydrogens (tertiary/aromatic N) is 5. The minimum atomic E-state index is -0.212. The fourth-order valence-corrected chi connectivity index (χ4v) is 4.51. The third-order valence-electron chi connectivity index (χ3n) is 5.71. The van der Waals surface area contributed by atoms with Crippen molar-refractivity contribution in [3.8, 4) is 17.1 Å². The number of hydrogen-bond acceptors (Lipinski definition) is 6. The van der Waals surface area contributed by atoms with Crippen LogP contribution in [-0.2, 0) is 4.79 Å². The van der Waals surface area contributed by atoms with Gasteiger partial charge in [-0.1, -0.05) is 71.9 Å². The van der Waals surface area contributed by atoms with Gasteiger partial charge in [-0.05, 0) is 50.6 Å². The second-order valence-corrected chi connectivity index (χ2v) is 9.13. The molecule has 0 aliphatic carbocycles. The molecule has 4 rings (SSSR count). The summed E-state index contributed by atoms with van der Waals surface area (Å²) in [6.07, 6.45) is 1.65. The summed E-state index contributed by atoms with van der Waals surface area (Å²) in [5.74, 6) is 0.683. The van der Waals surface area contributed by atoms with E-state index < -0.39 is 0 Å². The lowest BCUT2D eigenvalue weighted by Crippen LogP contribution is -2.21. The van der Waals surface area contributed by atoms with E-state index in [1.807, 2.05) is 59.2 Å². The molecule has 1 amide bonds. The number of carbonyl (C=O) groups excluding carboxylic acids is 1. The lowest BCUT2D eigenvalue weighted by atomic mass is 10.1. The smallest absolute Gasteiger partial charge is 0.250 e. The fourth-order valence-electron chi connectivity index (χ4n) is 3.76. The number of amides is 1. The minimum Gasteiger partial charge on any atom is -0.372 e. The van der Waals surface area contributed by atoms with Gasteiger partial charge in [0.1, 0.15) is 0 Å². The Balaban J connectivity index is 1.42. The monoisotopic (exact) mass is 498 g/mol. The zero-order chi connectivity index (χ0) is 25.3. The molecule has 7 nitrogen and oxygen atoms in total. The molecule has 0 atom stereocenters. The van der Waals surface area contributed by atoms with Crippen LogP contribution in [0.5, 0.6) is 0 Å². The number of aromatic nitrogens is 3. The summed E-state index contributed by atoms with van der Waals surface area (Å²) in [5.41, 5.74) is 7.78. The van der Waals surface area contributed by atoms with Gasteiger partial charge in [-0.25, -0.2) is 5.43 Å². The molecule has 1 heterocycles. The van der Waals surface area contributed by atoms with Gasteiger partial charge in [0.2, 0.25) is 0 Å². The molecule has 0 fully saturated rings. The first kappa shape index (κ1) is 25.2. The van der Waals surface area contributed by atoms with Gasteiger partial charge in [0, 0.05) is 30.0 Å². The van der Waals surface area contributed by atoms with E-state index in [1.54, 1.807) is 6.21 Å². The van der Waals surface area contributed by atoms with E-state index >= 15 is 0 Å². The molecule has 0 saturated carbocycles. The first-order chi connectivity index (χ1) is 17.6. The first-order valence-corrected chi connectivity index (χ1v) is 12.9. The summed E-state index contributed by atoms with van der Waals surface area (Å²) in [6, 6.07) is 26.2. The average Bonchev–Trinajstić information content (AvgIpc) is 3.34. The third kappa shape index (κ3) is 6.20. The van der Waals surface area contributed by atoms with Crippen LogP contribution in [0.3, 0.4) is 0 Å². The van der Waals surface area contributed by atoms with Gasteiger partial charge in [-0.3, -0.25) is 9.36 Å². The van der Waals surface area contributed by atoms with Crippen LogP contribution in [-0.4, -0.2) is 45.7 Å². The van der Waals surface area contributed by atoms with Crippen molar-refractivity contribution in [3.05, 3.63) is 90.0 Å². The quantitative estimate of drug-likeness (QED) is 0.182. The minimum absolute atomic E-state index is 0.164. The number of hydrogen-bond donors (Lipinski definition) is 1. The summed E-state index contributed by atoms with van der Waals surface area (Å²) >= 11 is 1.32. The van der Waals surface area contributed by atoms with E-state index in [9.17, 15) is 4.79 Å². The normalized spacial score (nSPS) is 11.1. The molecule has 1 N–H and O–H groups in total. The van der Waals surface area contributed by atoms with Crippen LogP contribution in [0, 0.1) is 6.92 Å². The Morgan fingerprint density at radius 3 is 2.33 bits per heavy atom. The van der Waals surface area contributed by atoms with Gasteiger partial charge < -0.3 is 4.90 Å². The highest BCUT2D eigenvalue weighted by molar-refractivity contribution is 7.99. The fraction of sp³-hybridized carbons (Fsp3) is 0.214. The van der Waals surface area contributed by atoms with E-state index in [2.05, 4.69) is 70.7 Å². The Kier molecular flexibility index (Phi) is 8.52. The van der Waals surface area contributed by atoms with Gasteiger partial charge in [0.25, 0.3) is 5.91 Å². The van der Waals surface area contributed by atoms with E-state index in [1.165, 1.54) is 23.0 Å². The van der Waals surface area contributed by atoms with E-state index in [-0.39, 0.29) is 11.7 Å². The van der Waals surface area contributed by atoms with Gasteiger partial charge >= 0.3 is 0 Å². The number of anilines is 1. The van der Waals surface area contributed by atoms with Gasteiger partial charge in [-0.2, -0.15) is 5.10 Å². The summed E-state index contributed by atoms with van der Waals surface area (Å²) in [5, 5.41) is 13.6. The number of benzene rings is 3. The van der Waals surface area contributed by atoms with Crippen LogP contribution < -0.4 is 10.3 Å². The molecule has 36 heavy (non-hydrogen) atoms. The van der Waals surface area contributed by atoms with Crippen LogP contribution in [0.15, 0.2) is 89.1 Å². The van der Waals surface area contributed by atoms with Crippen molar-refractivity contribution >= 4 is 29.6 Å². The maximum Gasteiger partial charge on any atom is 0.250 e. The SMILES string of the molecule is CCN(CC)c1ccc(/C=N/NC(=O)CSc2nnc(-c3ccc(C)cc3)n2-c2ccccc2)cc1. The van der Waals surface area contributed by atoms with Crippen molar-refractivity contribution in [2.45, 2.75) is 25.9 Å². The number of thioether (sulfide) groups is 1. The largest absolute Gasteiger partial charge is 0.372 e. The Morgan fingerprint density at radius 1 is 0.972 bits per heavy atom. The van der Waals surface area contributed by atoms with Crippen LogP contribution in [0.1, 0.15) is 25.0 Å². The number of aryl methyl sites for hydroxylation is 1. The van der Waals surface area contributed by atoms with E-state index in [0.717, 1.165) is 35.7 Å². The molecule has 3 aromatic carbocycles. The first-order valence-electron chi connectivity index (χ1n) is 12.0. The number of carbonyl (C=O) groups is 1. The summed E-state index contributed by atoms with van der Waals surface area (Å²) in [6.45, 7) is 8.25. The van der Waals surface area contributed by atoms with Crippen LogP contribution in [0.25, 0.3) is 17.1 Å². The van der Waals surface area contributed by atoms with E-state index in [4.69, 9.17) is 0 Å². The lowest BCUT2D eigenvalue weighted by Gasteiger charge is -2.20. The molecular weight excluding hydrogens is 468 g/mol. The highest BCUT2D eigenvalue weighted by Crippen LogP contribution is 2.28. The Morgan fingerprint density at radius 2 is 1.67 bits per heavy atom. The molecule has 0 aliphatic rings. The second-order valence-electron chi connectivity index (χ2n) is 8.19. The van der Waals surface area contributed by atoms with Gasteiger partial charge in [0.05, 0.1) is 12.0 Å². The van der Waals surface area contributed by atoms with Gasteiger partial charge in [0.15, 0.2) is 11.0 Å². The predicted octanol–water partition coefficient (Wildman–Crippen LogP) is 5.33. The Hall–Kier alpha value is -3.91. The molecule has 8 heteroatoms. The molecule has 0 unspecified atom stereocenters. The molecular formula is C28H30N6OS. The lowest BCUT2D eigenvalue weighted by molar-refractivity contribution is -0.118. The molecule has 0 radical (unpaired) electrons. The van der Waals surface area contributed by atoms with Crippen molar-refractivity contribution < 1.29 is 4.79 Å². The average molecular weight is 499 g/mol. The topological polar surface area (TPSA) is 75.4 Å². The number of para-hydroxylation sites is 1. The zero-order valence-electron chi connectivity index (χ0n) is 20.8. The summed E-state index contributed by atoms with van der Waals surface area (Å²) < 4.78 is 1.98. The molecule has 0 saturated heterocycles. The highest BCUT2D eigenvalue weighted by atomic mass is 32.2. The van der Waals surface area contributed by atoms with Crippen molar-refractivity contribution in [2.75, 3.05) is 23.7 Å². The molecule has 0 aliphatic heterocycles. The molecule has 0 spiro atoms. The van der Waals surface area contributed by atoms with Crippen molar-refractivity contribution in [1.29, 1.82) is 0 Å². The van der Waals surface area contributed by atoms with Crippen LogP contribution >= 0.6 is 11.8 Å². The predicted molar refractivity (Wildman–Crippen MR) is 148 cm³/mol. The molecule has 0 bridgehead atoms. The number of nitrogens with one attached hydrogen (secondary N) is 1.